The molecule has 0 bridgehead atoms. The molecule has 26 heavy (non-hydrogen) atoms. The van der Waals surface area contributed by atoms with Crippen LogP contribution in [-0.4, -0.2) is 31.7 Å². The largest absolute Gasteiger partial charge is 0.481 e. The number of aromatic nitrogens is 3. The molecular weight excluding hydrogens is 336 g/mol. The molecule has 1 aromatic carbocycles. The van der Waals surface area contributed by atoms with Gasteiger partial charge in [-0.25, -0.2) is 4.98 Å². The molecule has 2 aromatic heterocycles. The summed E-state index contributed by atoms with van der Waals surface area (Å²) in [5.41, 5.74) is 2.28. The number of carbonyl (C=O) groups is 2. The second kappa shape index (κ2) is 7.22. The summed E-state index contributed by atoms with van der Waals surface area (Å²) in [5.74, 6) is -0.573. The van der Waals surface area contributed by atoms with Crippen LogP contribution in [0.5, 0.6) is 0 Å². The summed E-state index contributed by atoms with van der Waals surface area (Å²) in [5, 5.41) is 15.8. The molecule has 0 saturated heterocycles. The molecule has 8 heteroatoms. The lowest BCUT2D eigenvalue weighted by molar-refractivity contribution is -0.136. The Labute approximate surface area is 149 Å². The maximum absolute atomic E-state index is 12.5. The quantitative estimate of drug-likeness (QED) is 0.700. The van der Waals surface area contributed by atoms with E-state index < -0.39 is 5.97 Å². The van der Waals surface area contributed by atoms with Crippen LogP contribution in [0.1, 0.15) is 27.4 Å². The summed E-state index contributed by atoms with van der Waals surface area (Å²) in [7, 11) is 1.78. The Bertz CT molecular complexity index is 958. The number of nitrogens with zero attached hydrogens (tertiary/aromatic N) is 3. The number of carbonyl (C=O) groups excluding carboxylic acids is 1. The topological polar surface area (TPSA) is 110 Å². The van der Waals surface area contributed by atoms with Gasteiger partial charge in [0.05, 0.1) is 18.2 Å². The Morgan fingerprint density at radius 1 is 1.27 bits per heavy atom. The third-order valence-corrected chi connectivity index (χ3v) is 3.86. The second-order valence-electron chi connectivity index (χ2n) is 5.85. The van der Waals surface area contributed by atoms with Gasteiger partial charge in [0.1, 0.15) is 5.76 Å². The zero-order chi connectivity index (χ0) is 18.7. The van der Waals surface area contributed by atoms with E-state index in [2.05, 4.69) is 15.4 Å². The molecule has 0 fully saturated rings. The smallest absolute Gasteiger partial charge is 0.307 e. The number of amides is 1. The van der Waals surface area contributed by atoms with Crippen LogP contribution in [-0.2, 0) is 24.8 Å². The molecule has 2 N–H and O–H groups in total. The minimum Gasteiger partial charge on any atom is -0.481 e. The molecule has 0 spiro atoms. The van der Waals surface area contributed by atoms with Crippen molar-refractivity contribution in [1.82, 2.24) is 20.1 Å². The van der Waals surface area contributed by atoms with Gasteiger partial charge in [0.15, 0.2) is 5.69 Å². The molecule has 2 heterocycles. The van der Waals surface area contributed by atoms with Crippen LogP contribution in [0.2, 0.25) is 0 Å². The lowest BCUT2D eigenvalue weighted by Crippen LogP contribution is -2.24. The number of hydrogen-bond donors (Lipinski definition) is 2. The number of hydrogen-bond acceptors (Lipinski definition) is 5. The highest BCUT2D eigenvalue weighted by Crippen LogP contribution is 2.21. The van der Waals surface area contributed by atoms with E-state index in [0.717, 1.165) is 5.56 Å². The molecule has 1 amide bonds. The van der Waals surface area contributed by atoms with Gasteiger partial charge in [-0.3, -0.25) is 14.3 Å². The third kappa shape index (κ3) is 3.80. The summed E-state index contributed by atoms with van der Waals surface area (Å²) in [6, 6.07) is 7.09. The van der Waals surface area contributed by atoms with Gasteiger partial charge in [0.2, 0.25) is 5.89 Å². The summed E-state index contributed by atoms with van der Waals surface area (Å²) in [6.07, 6.45) is 3.25. The van der Waals surface area contributed by atoms with Crippen molar-refractivity contribution in [3.63, 3.8) is 0 Å². The van der Waals surface area contributed by atoms with E-state index in [1.165, 1.54) is 0 Å². The first-order chi connectivity index (χ1) is 12.4. The average molecular weight is 354 g/mol. The second-order valence-corrected chi connectivity index (χ2v) is 5.85. The van der Waals surface area contributed by atoms with Crippen LogP contribution in [0, 0.1) is 6.92 Å². The number of oxazole rings is 1. The van der Waals surface area contributed by atoms with Gasteiger partial charge < -0.3 is 14.8 Å². The number of carboxylic acids is 1. The van der Waals surface area contributed by atoms with Gasteiger partial charge in [-0.05, 0) is 18.1 Å². The normalized spacial score (nSPS) is 10.7. The number of nitrogens with one attached hydrogen (secondary N) is 1. The van der Waals surface area contributed by atoms with Crippen molar-refractivity contribution < 1.29 is 19.1 Å². The van der Waals surface area contributed by atoms with Crippen molar-refractivity contribution in [3.05, 3.63) is 59.2 Å². The maximum Gasteiger partial charge on any atom is 0.307 e. The van der Waals surface area contributed by atoms with Crippen molar-refractivity contribution in [2.45, 2.75) is 19.9 Å². The fraction of sp³-hybridized carbons (Fsp3) is 0.222. The number of rotatable bonds is 6. The number of aliphatic carboxylic acids is 1. The van der Waals surface area contributed by atoms with Crippen molar-refractivity contribution in [1.29, 1.82) is 0 Å². The van der Waals surface area contributed by atoms with E-state index in [4.69, 9.17) is 9.52 Å². The van der Waals surface area contributed by atoms with Crippen molar-refractivity contribution in [3.8, 4) is 11.5 Å². The van der Waals surface area contributed by atoms with Crippen LogP contribution in [0.4, 0.5) is 0 Å². The lowest BCUT2D eigenvalue weighted by Gasteiger charge is -2.08. The van der Waals surface area contributed by atoms with Gasteiger partial charge in [-0.2, -0.15) is 5.10 Å². The first-order valence-electron chi connectivity index (χ1n) is 7.97. The molecule has 0 radical (unpaired) electrons. The van der Waals surface area contributed by atoms with Gasteiger partial charge in [-0.15, -0.1) is 0 Å². The van der Waals surface area contributed by atoms with E-state index in [9.17, 15) is 9.59 Å². The molecule has 0 aliphatic heterocycles. The summed E-state index contributed by atoms with van der Waals surface area (Å²) < 4.78 is 7.18. The highest BCUT2D eigenvalue weighted by Gasteiger charge is 2.19. The molecule has 8 nitrogen and oxygen atoms in total. The predicted molar refractivity (Wildman–Crippen MR) is 92.4 cm³/mol. The Balaban J connectivity index is 1.73. The number of carboxylic acid groups (broad SMARTS) is 1. The molecule has 134 valence electrons. The highest BCUT2D eigenvalue weighted by molar-refractivity contribution is 5.93. The van der Waals surface area contributed by atoms with Crippen molar-refractivity contribution in [2.75, 3.05) is 0 Å². The van der Waals surface area contributed by atoms with Crippen LogP contribution in [0.3, 0.4) is 0 Å². The molecule has 0 atom stereocenters. The highest BCUT2D eigenvalue weighted by atomic mass is 16.4. The van der Waals surface area contributed by atoms with Gasteiger partial charge in [0.25, 0.3) is 5.91 Å². The SMILES string of the molecule is Cc1oc(-c2cnn(C)c2)nc1C(=O)NCc1ccccc1CC(=O)O. The van der Waals surface area contributed by atoms with E-state index >= 15 is 0 Å². The first kappa shape index (κ1) is 17.4. The van der Waals surface area contributed by atoms with Gasteiger partial charge >= 0.3 is 5.97 Å². The number of aryl methyl sites for hydroxylation is 2. The lowest BCUT2D eigenvalue weighted by atomic mass is 10.0. The third-order valence-electron chi connectivity index (χ3n) is 3.86. The molecular formula is C18H18N4O4. The zero-order valence-corrected chi connectivity index (χ0v) is 14.4. The Hall–Kier alpha value is -3.42. The zero-order valence-electron chi connectivity index (χ0n) is 14.4. The van der Waals surface area contributed by atoms with E-state index in [1.807, 2.05) is 0 Å². The Morgan fingerprint density at radius 3 is 2.65 bits per heavy atom. The summed E-state index contributed by atoms with van der Waals surface area (Å²) >= 11 is 0. The minimum absolute atomic E-state index is 0.0970. The average Bonchev–Trinajstić information content (AvgIpc) is 3.19. The monoisotopic (exact) mass is 354 g/mol. The molecule has 0 aliphatic rings. The molecule has 3 rings (SSSR count). The Morgan fingerprint density at radius 2 is 2.00 bits per heavy atom. The van der Waals surface area contributed by atoms with E-state index in [-0.39, 0.29) is 24.6 Å². The number of benzene rings is 1. The summed E-state index contributed by atoms with van der Waals surface area (Å²) in [6.45, 7) is 1.87. The van der Waals surface area contributed by atoms with Crippen LogP contribution in [0.25, 0.3) is 11.5 Å². The van der Waals surface area contributed by atoms with Crippen LogP contribution in [0.15, 0.2) is 41.1 Å². The first-order valence-corrected chi connectivity index (χ1v) is 7.97. The predicted octanol–water partition coefficient (Wildman–Crippen LogP) is 1.94. The van der Waals surface area contributed by atoms with Crippen LogP contribution >= 0.6 is 0 Å². The van der Waals surface area contributed by atoms with E-state index in [0.29, 0.717) is 22.8 Å². The van der Waals surface area contributed by atoms with Crippen molar-refractivity contribution in [2.24, 2.45) is 7.05 Å². The van der Waals surface area contributed by atoms with Gasteiger partial charge in [0, 0.05) is 19.8 Å². The minimum atomic E-state index is -0.919. The summed E-state index contributed by atoms with van der Waals surface area (Å²) in [4.78, 5) is 27.6. The van der Waals surface area contributed by atoms with E-state index in [1.54, 1.807) is 55.3 Å². The van der Waals surface area contributed by atoms with Crippen molar-refractivity contribution >= 4 is 11.9 Å². The van der Waals surface area contributed by atoms with Crippen LogP contribution < -0.4 is 5.32 Å². The molecule has 3 aromatic rings. The fourth-order valence-electron chi connectivity index (χ4n) is 2.59. The maximum atomic E-state index is 12.5. The molecule has 0 aliphatic carbocycles. The molecule has 0 unspecified atom stereocenters. The Kier molecular flexibility index (Phi) is 4.83. The van der Waals surface area contributed by atoms with Gasteiger partial charge in [-0.1, -0.05) is 24.3 Å². The fourth-order valence-corrected chi connectivity index (χ4v) is 2.59. The molecule has 0 saturated carbocycles. The standard InChI is InChI=1S/C18H18N4O4/c1-11-16(21-18(26-11)14-9-20-22(2)10-14)17(25)19-8-13-6-4-3-5-12(13)7-15(23)24/h3-6,9-10H,7-8H2,1-2H3,(H,19,25)(H,23,24).